The summed E-state index contributed by atoms with van der Waals surface area (Å²) < 4.78 is 5.07. The summed E-state index contributed by atoms with van der Waals surface area (Å²) in [4.78, 5) is 13.1. The quantitative estimate of drug-likeness (QED) is 0.859. The Hall–Kier alpha value is -1.85. The molecule has 0 aliphatic rings. The fourth-order valence-electron chi connectivity index (χ4n) is 1.76. The van der Waals surface area contributed by atoms with E-state index in [1.54, 1.807) is 18.4 Å². The topological polar surface area (TPSA) is 50.4 Å². The molecule has 1 amide bonds. The van der Waals surface area contributed by atoms with E-state index in [1.165, 1.54) is 4.88 Å². The predicted octanol–water partition coefficient (Wildman–Crippen LogP) is 3.05. The van der Waals surface area contributed by atoms with Crippen molar-refractivity contribution in [2.24, 2.45) is 0 Å². The summed E-state index contributed by atoms with van der Waals surface area (Å²) in [5.74, 6) is 0.714. The second kappa shape index (κ2) is 7.07. The second-order valence-electron chi connectivity index (χ2n) is 4.39. The molecule has 0 saturated heterocycles. The van der Waals surface area contributed by atoms with Crippen molar-refractivity contribution in [1.82, 2.24) is 5.32 Å². The van der Waals surface area contributed by atoms with Crippen LogP contribution in [0.25, 0.3) is 0 Å². The Labute approximate surface area is 122 Å². The van der Waals surface area contributed by atoms with E-state index in [2.05, 4.69) is 16.7 Å². The average Bonchev–Trinajstić information content (AvgIpc) is 3.00. The van der Waals surface area contributed by atoms with E-state index in [4.69, 9.17) is 4.74 Å². The maximum Gasteiger partial charge on any atom is 0.238 e. The fraction of sp³-hybridized carbons (Fsp3) is 0.267. The van der Waals surface area contributed by atoms with Gasteiger partial charge in [0, 0.05) is 16.6 Å². The van der Waals surface area contributed by atoms with Gasteiger partial charge in [-0.2, -0.15) is 0 Å². The van der Waals surface area contributed by atoms with E-state index in [-0.39, 0.29) is 18.5 Å². The van der Waals surface area contributed by atoms with Gasteiger partial charge in [0.15, 0.2) is 0 Å². The highest BCUT2D eigenvalue weighted by Gasteiger charge is 2.08. The van der Waals surface area contributed by atoms with Crippen LogP contribution >= 0.6 is 11.3 Å². The molecule has 1 aromatic heterocycles. The Morgan fingerprint density at radius 1 is 1.30 bits per heavy atom. The van der Waals surface area contributed by atoms with Gasteiger partial charge in [-0.1, -0.05) is 6.07 Å². The van der Waals surface area contributed by atoms with Crippen LogP contribution < -0.4 is 15.4 Å². The molecule has 0 aliphatic heterocycles. The number of hydrogen-bond donors (Lipinski definition) is 2. The maximum absolute atomic E-state index is 11.8. The zero-order valence-corrected chi connectivity index (χ0v) is 12.4. The van der Waals surface area contributed by atoms with E-state index < -0.39 is 0 Å². The first-order chi connectivity index (χ1) is 9.69. The first-order valence-corrected chi connectivity index (χ1v) is 7.27. The molecule has 1 heterocycles. The maximum atomic E-state index is 11.8. The van der Waals surface area contributed by atoms with Crippen LogP contribution in [0.5, 0.6) is 5.75 Å². The third-order valence-electron chi connectivity index (χ3n) is 2.91. The van der Waals surface area contributed by atoms with Gasteiger partial charge in [0.2, 0.25) is 5.91 Å². The van der Waals surface area contributed by atoms with Crippen molar-refractivity contribution >= 4 is 22.9 Å². The SMILES string of the molecule is COc1ccc(NC(=O)CN[C@@H](C)c2cccs2)cc1. The standard InChI is InChI=1S/C15H18N2O2S/c1-11(14-4-3-9-20-14)16-10-15(18)17-12-5-7-13(19-2)8-6-12/h3-9,11,16H,10H2,1-2H3,(H,17,18)/t11-/m0/s1. The molecule has 4 nitrogen and oxygen atoms in total. The highest BCUT2D eigenvalue weighted by molar-refractivity contribution is 7.10. The molecule has 1 atom stereocenters. The zero-order chi connectivity index (χ0) is 14.4. The normalized spacial score (nSPS) is 11.9. The number of ether oxygens (including phenoxy) is 1. The molecule has 0 fully saturated rings. The van der Waals surface area contributed by atoms with Crippen LogP contribution in [0.4, 0.5) is 5.69 Å². The Bertz CT molecular complexity index is 538. The summed E-state index contributed by atoms with van der Waals surface area (Å²) in [6.45, 7) is 2.33. The number of benzene rings is 1. The number of hydrogen-bond acceptors (Lipinski definition) is 4. The van der Waals surface area contributed by atoms with Gasteiger partial charge in [-0.25, -0.2) is 0 Å². The molecule has 2 aromatic rings. The number of thiophene rings is 1. The fourth-order valence-corrected chi connectivity index (χ4v) is 2.52. The third-order valence-corrected chi connectivity index (χ3v) is 3.97. The van der Waals surface area contributed by atoms with Crippen LogP contribution in [0, 0.1) is 0 Å². The Morgan fingerprint density at radius 2 is 2.05 bits per heavy atom. The minimum absolute atomic E-state index is 0.0569. The van der Waals surface area contributed by atoms with Crippen LogP contribution in [-0.2, 0) is 4.79 Å². The van der Waals surface area contributed by atoms with E-state index in [9.17, 15) is 4.79 Å². The molecular formula is C15H18N2O2S. The molecule has 0 unspecified atom stereocenters. The summed E-state index contributed by atoms with van der Waals surface area (Å²) in [5, 5.41) is 8.07. The Kier molecular flexibility index (Phi) is 5.15. The van der Waals surface area contributed by atoms with Crippen molar-refractivity contribution in [2.75, 3.05) is 19.0 Å². The summed E-state index contributed by atoms with van der Waals surface area (Å²) in [6, 6.07) is 11.5. The smallest absolute Gasteiger partial charge is 0.238 e. The van der Waals surface area contributed by atoms with Crippen LogP contribution in [0.3, 0.4) is 0 Å². The van der Waals surface area contributed by atoms with E-state index in [1.807, 2.05) is 42.6 Å². The lowest BCUT2D eigenvalue weighted by molar-refractivity contribution is -0.115. The lowest BCUT2D eigenvalue weighted by atomic mass is 10.2. The molecular weight excluding hydrogens is 272 g/mol. The van der Waals surface area contributed by atoms with Gasteiger partial charge in [-0.15, -0.1) is 11.3 Å². The van der Waals surface area contributed by atoms with Crippen molar-refractivity contribution in [3.8, 4) is 5.75 Å². The first kappa shape index (κ1) is 14.6. The van der Waals surface area contributed by atoms with Crippen LogP contribution in [0.1, 0.15) is 17.8 Å². The molecule has 0 spiro atoms. The van der Waals surface area contributed by atoms with Gasteiger partial charge in [0.1, 0.15) is 5.75 Å². The summed E-state index contributed by atoms with van der Waals surface area (Å²) >= 11 is 1.68. The highest BCUT2D eigenvalue weighted by atomic mass is 32.1. The van der Waals surface area contributed by atoms with Gasteiger partial charge in [0.25, 0.3) is 0 Å². The van der Waals surface area contributed by atoms with Crippen molar-refractivity contribution in [2.45, 2.75) is 13.0 Å². The van der Waals surface area contributed by atoms with Crippen LogP contribution in [0.15, 0.2) is 41.8 Å². The van der Waals surface area contributed by atoms with E-state index in [0.29, 0.717) is 0 Å². The average molecular weight is 290 g/mol. The van der Waals surface area contributed by atoms with Crippen molar-refractivity contribution in [3.63, 3.8) is 0 Å². The van der Waals surface area contributed by atoms with Crippen molar-refractivity contribution < 1.29 is 9.53 Å². The molecule has 5 heteroatoms. The van der Waals surface area contributed by atoms with Gasteiger partial charge < -0.3 is 15.4 Å². The van der Waals surface area contributed by atoms with Crippen molar-refractivity contribution in [1.29, 1.82) is 0 Å². The van der Waals surface area contributed by atoms with E-state index in [0.717, 1.165) is 11.4 Å². The van der Waals surface area contributed by atoms with Gasteiger partial charge >= 0.3 is 0 Å². The van der Waals surface area contributed by atoms with E-state index >= 15 is 0 Å². The molecule has 2 N–H and O–H groups in total. The Balaban J connectivity index is 1.80. The first-order valence-electron chi connectivity index (χ1n) is 6.39. The summed E-state index contributed by atoms with van der Waals surface area (Å²) in [5.41, 5.74) is 0.765. The number of carbonyl (C=O) groups is 1. The number of nitrogens with one attached hydrogen (secondary N) is 2. The number of anilines is 1. The van der Waals surface area contributed by atoms with Crippen LogP contribution in [-0.4, -0.2) is 19.6 Å². The second-order valence-corrected chi connectivity index (χ2v) is 5.37. The van der Waals surface area contributed by atoms with Crippen molar-refractivity contribution in [3.05, 3.63) is 46.7 Å². The monoisotopic (exact) mass is 290 g/mol. The molecule has 2 rings (SSSR count). The van der Waals surface area contributed by atoms with Gasteiger partial charge in [-0.05, 0) is 42.6 Å². The number of amides is 1. The Morgan fingerprint density at radius 3 is 2.65 bits per heavy atom. The minimum Gasteiger partial charge on any atom is -0.497 e. The largest absolute Gasteiger partial charge is 0.497 e. The highest BCUT2D eigenvalue weighted by Crippen LogP contribution is 2.18. The lowest BCUT2D eigenvalue weighted by Crippen LogP contribution is -2.29. The predicted molar refractivity (Wildman–Crippen MR) is 82.4 cm³/mol. The van der Waals surface area contributed by atoms with Gasteiger partial charge in [-0.3, -0.25) is 4.79 Å². The van der Waals surface area contributed by atoms with Gasteiger partial charge in [0.05, 0.1) is 13.7 Å². The number of methoxy groups -OCH3 is 1. The molecule has 0 bridgehead atoms. The molecule has 20 heavy (non-hydrogen) atoms. The van der Waals surface area contributed by atoms with Crippen LogP contribution in [0.2, 0.25) is 0 Å². The minimum atomic E-state index is -0.0569. The number of carbonyl (C=O) groups excluding carboxylic acids is 1. The molecule has 0 aliphatic carbocycles. The summed E-state index contributed by atoms with van der Waals surface area (Å²) in [6.07, 6.45) is 0. The third kappa shape index (κ3) is 4.08. The molecule has 106 valence electrons. The zero-order valence-electron chi connectivity index (χ0n) is 11.6. The molecule has 0 saturated carbocycles. The lowest BCUT2D eigenvalue weighted by Gasteiger charge is -2.12. The molecule has 0 radical (unpaired) electrons. The summed E-state index contributed by atoms with van der Waals surface area (Å²) in [7, 11) is 1.61. The number of rotatable bonds is 6. The molecule has 1 aromatic carbocycles.